The Morgan fingerprint density at radius 2 is 2.35 bits per heavy atom. The van der Waals surface area contributed by atoms with E-state index in [0.717, 1.165) is 32.6 Å². The molecular formula is C12H14BrFIN5. The van der Waals surface area contributed by atoms with Crippen molar-refractivity contribution >= 4 is 50.0 Å². The number of rotatable bonds is 2. The molecule has 0 amide bonds. The smallest absolute Gasteiger partial charge is 0.172 e. The fourth-order valence-corrected chi connectivity index (χ4v) is 3.22. The number of anilines is 1. The molecule has 1 N–H and O–H groups in total. The highest BCUT2D eigenvalue weighted by Crippen LogP contribution is 2.25. The molecule has 2 aromatic heterocycles. The molecule has 3 heterocycles. The van der Waals surface area contributed by atoms with Crippen LogP contribution in [0.1, 0.15) is 6.42 Å². The van der Waals surface area contributed by atoms with E-state index in [0.29, 0.717) is 6.54 Å². The highest BCUT2D eigenvalue weighted by atomic mass is 127. The Hall–Kier alpha value is -0.480. The van der Waals surface area contributed by atoms with Gasteiger partial charge >= 0.3 is 0 Å². The van der Waals surface area contributed by atoms with Gasteiger partial charge in [-0.05, 0) is 58.1 Å². The third-order valence-corrected chi connectivity index (χ3v) is 5.79. The van der Waals surface area contributed by atoms with E-state index in [1.165, 1.54) is 0 Å². The second kappa shape index (κ2) is 5.72. The molecule has 0 bridgehead atoms. The molecule has 108 valence electrons. The van der Waals surface area contributed by atoms with Crippen LogP contribution in [0.4, 0.5) is 10.2 Å². The molecule has 1 saturated heterocycles. The van der Waals surface area contributed by atoms with Gasteiger partial charge in [-0.1, -0.05) is 0 Å². The van der Waals surface area contributed by atoms with E-state index in [1.807, 2.05) is 18.0 Å². The van der Waals surface area contributed by atoms with Crippen LogP contribution in [0, 0.1) is 3.57 Å². The van der Waals surface area contributed by atoms with E-state index >= 15 is 0 Å². The molecule has 0 aromatic carbocycles. The van der Waals surface area contributed by atoms with E-state index in [-0.39, 0.29) is 6.04 Å². The molecule has 20 heavy (non-hydrogen) atoms. The number of halogens is 3. The first-order valence-electron chi connectivity index (χ1n) is 6.34. The van der Waals surface area contributed by atoms with Crippen molar-refractivity contribution in [2.45, 2.75) is 18.6 Å². The zero-order valence-electron chi connectivity index (χ0n) is 10.9. The Bertz CT molecular complexity index is 634. The van der Waals surface area contributed by atoms with E-state index in [4.69, 9.17) is 0 Å². The summed E-state index contributed by atoms with van der Waals surface area (Å²) in [6.45, 7) is 1.36. The molecule has 1 aliphatic heterocycles. The topological polar surface area (TPSA) is 45.5 Å². The molecule has 0 radical (unpaired) electrons. The maximum atomic E-state index is 14.1. The van der Waals surface area contributed by atoms with Crippen molar-refractivity contribution in [1.29, 1.82) is 0 Å². The van der Waals surface area contributed by atoms with Crippen molar-refractivity contribution in [2.24, 2.45) is 0 Å². The monoisotopic (exact) mass is 453 g/mol. The summed E-state index contributed by atoms with van der Waals surface area (Å²) >= 11 is 5.59. The second-order valence-electron chi connectivity index (χ2n) is 4.99. The Balaban J connectivity index is 1.89. The van der Waals surface area contributed by atoms with Crippen LogP contribution in [-0.2, 0) is 0 Å². The summed E-state index contributed by atoms with van der Waals surface area (Å²) in [7, 11) is 1.94. The van der Waals surface area contributed by atoms with Crippen LogP contribution in [0.5, 0.6) is 0 Å². The standard InChI is InChI=1S/C12H14BrFIN5/c1-19-5-3-8(7(14)6-19)17-9-2-4-16-12-10(15)11(13)18-20(9)12/h2,4,7-8,17H,3,5-6H2,1H3/t7-,8+/m0/s1. The number of nitrogens with zero attached hydrogens (tertiary/aromatic N) is 4. The van der Waals surface area contributed by atoms with Gasteiger partial charge in [0, 0.05) is 19.3 Å². The third-order valence-electron chi connectivity index (χ3n) is 3.50. The molecule has 0 saturated carbocycles. The number of likely N-dealkylation sites (tertiary alicyclic amines) is 1. The van der Waals surface area contributed by atoms with Gasteiger partial charge in [-0.25, -0.2) is 9.37 Å². The van der Waals surface area contributed by atoms with Crippen LogP contribution in [0.2, 0.25) is 0 Å². The lowest BCUT2D eigenvalue weighted by Gasteiger charge is -2.33. The number of fused-ring (bicyclic) bond motifs is 1. The van der Waals surface area contributed by atoms with Gasteiger partial charge in [-0.3, -0.25) is 0 Å². The van der Waals surface area contributed by atoms with Gasteiger partial charge in [0.05, 0.1) is 9.61 Å². The molecule has 3 rings (SSSR count). The Morgan fingerprint density at radius 1 is 1.55 bits per heavy atom. The predicted octanol–water partition coefficient (Wildman–Crippen LogP) is 2.55. The average Bonchev–Trinajstić information content (AvgIpc) is 2.70. The largest absolute Gasteiger partial charge is 0.364 e. The highest BCUT2D eigenvalue weighted by molar-refractivity contribution is 14.1. The minimum absolute atomic E-state index is 0.183. The van der Waals surface area contributed by atoms with Gasteiger partial charge in [-0.15, -0.1) is 0 Å². The molecular weight excluding hydrogens is 440 g/mol. The predicted molar refractivity (Wildman–Crippen MR) is 87.8 cm³/mol. The summed E-state index contributed by atoms with van der Waals surface area (Å²) < 4.78 is 17.5. The summed E-state index contributed by atoms with van der Waals surface area (Å²) in [4.78, 5) is 6.32. The maximum absolute atomic E-state index is 14.1. The summed E-state index contributed by atoms with van der Waals surface area (Å²) in [5.41, 5.74) is 0.769. The quantitative estimate of drug-likeness (QED) is 0.710. The fourth-order valence-electron chi connectivity index (χ4n) is 2.41. The van der Waals surface area contributed by atoms with E-state index in [2.05, 4.69) is 53.9 Å². The van der Waals surface area contributed by atoms with Crippen molar-refractivity contribution in [3.63, 3.8) is 0 Å². The number of aromatic nitrogens is 3. The van der Waals surface area contributed by atoms with Crippen LogP contribution in [0.15, 0.2) is 16.9 Å². The zero-order chi connectivity index (χ0) is 14.3. The first-order chi connectivity index (χ1) is 9.56. The number of alkyl halides is 1. The van der Waals surface area contributed by atoms with Crippen LogP contribution < -0.4 is 5.32 Å². The van der Waals surface area contributed by atoms with E-state index in [9.17, 15) is 4.39 Å². The maximum Gasteiger partial charge on any atom is 0.172 e. The summed E-state index contributed by atoms with van der Waals surface area (Å²) in [5, 5.41) is 7.66. The number of hydrogen-bond donors (Lipinski definition) is 1. The van der Waals surface area contributed by atoms with Crippen molar-refractivity contribution < 1.29 is 4.39 Å². The van der Waals surface area contributed by atoms with Gasteiger partial charge in [0.1, 0.15) is 16.6 Å². The normalized spacial score (nSPS) is 24.2. The zero-order valence-corrected chi connectivity index (χ0v) is 14.6. The average molecular weight is 454 g/mol. The van der Waals surface area contributed by atoms with Crippen molar-refractivity contribution in [3.05, 3.63) is 20.4 Å². The van der Waals surface area contributed by atoms with Crippen LogP contribution in [-0.4, -0.2) is 51.8 Å². The number of hydrogen-bond acceptors (Lipinski definition) is 4. The third kappa shape index (κ3) is 2.64. The molecule has 2 atom stereocenters. The molecule has 5 nitrogen and oxygen atoms in total. The first-order valence-corrected chi connectivity index (χ1v) is 8.21. The van der Waals surface area contributed by atoms with Gasteiger partial charge in [0.25, 0.3) is 0 Å². The number of nitrogens with one attached hydrogen (secondary N) is 1. The molecule has 0 spiro atoms. The molecule has 1 aliphatic rings. The Kier molecular flexibility index (Phi) is 4.14. The molecule has 2 aromatic rings. The number of piperidine rings is 1. The Labute approximate surface area is 138 Å². The lowest BCUT2D eigenvalue weighted by molar-refractivity contribution is 0.149. The van der Waals surface area contributed by atoms with Crippen LogP contribution >= 0.6 is 38.5 Å². The molecule has 0 unspecified atom stereocenters. The SMILES string of the molecule is CN1CC[C@@H](Nc2ccnc3c(I)c(Br)nn23)[C@@H](F)C1. The fraction of sp³-hybridized carbons (Fsp3) is 0.500. The van der Waals surface area contributed by atoms with Gasteiger partial charge in [0.15, 0.2) is 5.65 Å². The highest BCUT2D eigenvalue weighted by Gasteiger charge is 2.28. The summed E-state index contributed by atoms with van der Waals surface area (Å²) in [5.74, 6) is 0.774. The summed E-state index contributed by atoms with van der Waals surface area (Å²) in [6, 6.07) is 1.64. The van der Waals surface area contributed by atoms with E-state index in [1.54, 1.807) is 10.7 Å². The van der Waals surface area contributed by atoms with Crippen molar-refractivity contribution in [2.75, 3.05) is 25.5 Å². The van der Waals surface area contributed by atoms with Gasteiger partial charge in [-0.2, -0.15) is 9.61 Å². The van der Waals surface area contributed by atoms with Crippen molar-refractivity contribution in [1.82, 2.24) is 19.5 Å². The molecule has 8 heteroatoms. The van der Waals surface area contributed by atoms with Crippen LogP contribution in [0.25, 0.3) is 5.65 Å². The molecule has 0 aliphatic carbocycles. The minimum atomic E-state index is -0.880. The summed E-state index contributed by atoms with van der Waals surface area (Å²) in [6.07, 6.45) is 1.62. The minimum Gasteiger partial charge on any atom is -0.364 e. The lowest BCUT2D eigenvalue weighted by atomic mass is 10.0. The first kappa shape index (κ1) is 14.5. The van der Waals surface area contributed by atoms with Gasteiger partial charge < -0.3 is 10.2 Å². The van der Waals surface area contributed by atoms with Crippen LogP contribution in [0.3, 0.4) is 0 Å². The van der Waals surface area contributed by atoms with E-state index < -0.39 is 6.17 Å². The lowest BCUT2D eigenvalue weighted by Crippen LogP contribution is -2.46. The van der Waals surface area contributed by atoms with Crippen molar-refractivity contribution in [3.8, 4) is 0 Å². The second-order valence-corrected chi connectivity index (χ2v) is 6.82. The Morgan fingerprint density at radius 3 is 3.10 bits per heavy atom. The van der Waals surface area contributed by atoms with Gasteiger partial charge in [0.2, 0.25) is 0 Å². The molecule has 1 fully saturated rings.